The van der Waals surface area contributed by atoms with Crippen LogP contribution in [0.15, 0.2) is 0 Å². The van der Waals surface area contributed by atoms with Gasteiger partial charge in [0.2, 0.25) is 0 Å². The van der Waals surface area contributed by atoms with Gasteiger partial charge in [-0.2, -0.15) is 0 Å². The topological polar surface area (TPSA) is 41.6 Å². The third-order valence-electron chi connectivity index (χ3n) is 4.49. The lowest BCUT2D eigenvalue weighted by molar-refractivity contribution is 0.00788. The van der Waals surface area contributed by atoms with Crippen LogP contribution >= 0.6 is 0 Å². The second kappa shape index (κ2) is 6.55. The van der Waals surface area contributed by atoms with Crippen LogP contribution in [0.1, 0.15) is 66.7 Å². The van der Waals surface area contributed by atoms with Crippen molar-refractivity contribution in [1.29, 1.82) is 0 Å². The number of nitrogens with zero attached hydrogens (tertiary/aromatic N) is 1. The second-order valence-corrected chi connectivity index (χ2v) is 7.95. The van der Waals surface area contributed by atoms with Gasteiger partial charge >= 0.3 is 6.09 Å². The van der Waals surface area contributed by atoms with Gasteiger partial charge < -0.3 is 15.0 Å². The summed E-state index contributed by atoms with van der Waals surface area (Å²) in [6, 6.07) is 1.48. The van der Waals surface area contributed by atoms with Crippen LogP contribution in [0.4, 0.5) is 4.79 Å². The van der Waals surface area contributed by atoms with Gasteiger partial charge in [-0.25, -0.2) is 4.79 Å². The van der Waals surface area contributed by atoms with Crippen molar-refractivity contribution in [2.24, 2.45) is 5.92 Å². The number of piperidine rings is 1. The number of hydrogen-bond donors (Lipinski definition) is 1. The highest BCUT2D eigenvalue weighted by Gasteiger charge is 2.35. The lowest BCUT2D eigenvalue weighted by Gasteiger charge is -2.38. The number of nitrogens with one attached hydrogen (secondary N) is 1. The molecule has 1 aliphatic heterocycles. The molecule has 2 fully saturated rings. The number of hydrogen-bond acceptors (Lipinski definition) is 3. The number of carbonyl (C=O) groups is 1. The van der Waals surface area contributed by atoms with Gasteiger partial charge in [0, 0.05) is 24.7 Å². The molecule has 2 rings (SSSR count). The molecular weight excluding hydrogens is 264 g/mol. The van der Waals surface area contributed by atoms with Gasteiger partial charge in [0.15, 0.2) is 0 Å². The summed E-state index contributed by atoms with van der Waals surface area (Å²) in [6.45, 7) is 11.2. The van der Waals surface area contributed by atoms with E-state index in [0.29, 0.717) is 18.1 Å². The van der Waals surface area contributed by atoms with E-state index in [-0.39, 0.29) is 6.09 Å². The monoisotopic (exact) mass is 296 g/mol. The zero-order valence-corrected chi connectivity index (χ0v) is 14.3. The highest BCUT2D eigenvalue weighted by Crippen LogP contribution is 2.30. The molecule has 122 valence electrons. The van der Waals surface area contributed by atoms with Crippen LogP contribution in [0.3, 0.4) is 0 Å². The largest absolute Gasteiger partial charge is 0.444 e. The first-order valence-corrected chi connectivity index (χ1v) is 8.52. The zero-order chi connectivity index (χ0) is 15.6. The highest BCUT2D eigenvalue weighted by atomic mass is 16.6. The highest BCUT2D eigenvalue weighted by molar-refractivity contribution is 5.68. The molecule has 0 aromatic heterocycles. The molecule has 1 amide bonds. The van der Waals surface area contributed by atoms with Gasteiger partial charge in [-0.05, 0) is 65.7 Å². The van der Waals surface area contributed by atoms with Crippen LogP contribution in [0.25, 0.3) is 0 Å². The number of amides is 1. The normalized spacial score (nSPS) is 30.9. The van der Waals surface area contributed by atoms with Crippen LogP contribution in [0.5, 0.6) is 0 Å². The lowest BCUT2D eigenvalue weighted by Crippen LogP contribution is -2.48. The molecule has 21 heavy (non-hydrogen) atoms. The van der Waals surface area contributed by atoms with Crippen molar-refractivity contribution in [2.75, 3.05) is 6.54 Å². The van der Waals surface area contributed by atoms with Crippen LogP contribution in [-0.2, 0) is 4.74 Å². The van der Waals surface area contributed by atoms with E-state index in [1.54, 1.807) is 0 Å². The molecule has 0 bridgehead atoms. The van der Waals surface area contributed by atoms with Gasteiger partial charge in [0.25, 0.3) is 0 Å². The molecular formula is C17H32N2O2. The SMILES string of the molecule is CC(CC1CCCCN1C(=O)OC(C)(C)C)NC1CC1C. The fourth-order valence-corrected chi connectivity index (χ4v) is 3.20. The summed E-state index contributed by atoms with van der Waals surface area (Å²) in [5, 5.41) is 3.68. The molecule has 4 atom stereocenters. The van der Waals surface area contributed by atoms with E-state index in [2.05, 4.69) is 19.2 Å². The summed E-state index contributed by atoms with van der Waals surface area (Å²) >= 11 is 0. The van der Waals surface area contributed by atoms with Crippen LogP contribution in [0, 0.1) is 5.92 Å². The van der Waals surface area contributed by atoms with Gasteiger partial charge in [0.05, 0.1) is 0 Å². The van der Waals surface area contributed by atoms with Crippen LogP contribution < -0.4 is 5.32 Å². The van der Waals surface area contributed by atoms with Gasteiger partial charge in [-0.15, -0.1) is 0 Å². The molecule has 1 heterocycles. The first-order chi connectivity index (χ1) is 9.76. The van der Waals surface area contributed by atoms with Gasteiger partial charge in [-0.1, -0.05) is 6.92 Å². The minimum absolute atomic E-state index is 0.140. The van der Waals surface area contributed by atoms with Crippen LogP contribution in [0.2, 0.25) is 0 Å². The van der Waals surface area contributed by atoms with Gasteiger partial charge in [0.1, 0.15) is 5.60 Å². The van der Waals surface area contributed by atoms with Crippen molar-refractivity contribution >= 4 is 6.09 Å². The summed E-state index contributed by atoms with van der Waals surface area (Å²) in [7, 11) is 0. The average molecular weight is 296 g/mol. The Bertz CT molecular complexity index is 364. The minimum Gasteiger partial charge on any atom is -0.444 e. The van der Waals surface area contributed by atoms with Crippen LogP contribution in [-0.4, -0.2) is 41.3 Å². The molecule has 0 aromatic rings. The number of carbonyl (C=O) groups excluding carboxylic acids is 1. The molecule has 0 aromatic carbocycles. The van der Waals surface area contributed by atoms with E-state index in [4.69, 9.17) is 4.74 Å². The van der Waals surface area contributed by atoms with E-state index in [1.807, 2.05) is 25.7 Å². The van der Waals surface area contributed by atoms with Gasteiger partial charge in [-0.3, -0.25) is 0 Å². The quantitative estimate of drug-likeness (QED) is 0.862. The smallest absolute Gasteiger partial charge is 0.410 e. The Morgan fingerprint density at radius 2 is 2.05 bits per heavy atom. The number of ether oxygens (including phenoxy) is 1. The van der Waals surface area contributed by atoms with Crippen molar-refractivity contribution < 1.29 is 9.53 Å². The molecule has 2 aliphatic rings. The molecule has 1 N–H and O–H groups in total. The van der Waals surface area contributed by atoms with Crippen molar-refractivity contribution in [3.63, 3.8) is 0 Å². The third kappa shape index (κ3) is 5.17. The Balaban J connectivity index is 1.87. The second-order valence-electron chi connectivity index (χ2n) is 7.95. The summed E-state index contributed by atoms with van der Waals surface area (Å²) in [5.41, 5.74) is -0.410. The molecule has 0 radical (unpaired) electrons. The maximum Gasteiger partial charge on any atom is 0.410 e. The summed E-state index contributed by atoms with van der Waals surface area (Å²) in [6.07, 6.45) is 5.60. The first kappa shape index (κ1) is 16.6. The van der Waals surface area contributed by atoms with Crippen molar-refractivity contribution in [3.8, 4) is 0 Å². The molecule has 4 nitrogen and oxygen atoms in total. The zero-order valence-electron chi connectivity index (χ0n) is 14.3. The fraction of sp³-hybridized carbons (Fsp3) is 0.941. The average Bonchev–Trinajstić information content (AvgIpc) is 3.02. The first-order valence-electron chi connectivity index (χ1n) is 8.52. The lowest BCUT2D eigenvalue weighted by atomic mass is 9.96. The minimum atomic E-state index is -0.410. The molecule has 1 aliphatic carbocycles. The maximum absolute atomic E-state index is 12.4. The Kier molecular flexibility index (Phi) is 5.18. The number of likely N-dealkylation sites (tertiary alicyclic amines) is 1. The van der Waals surface area contributed by atoms with E-state index in [9.17, 15) is 4.79 Å². The van der Waals surface area contributed by atoms with E-state index >= 15 is 0 Å². The number of rotatable bonds is 4. The van der Waals surface area contributed by atoms with E-state index < -0.39 is 5.60 Å². The predicted molar refractivity (Wildman–Crippen MR) is 85.4 cm³/mol. The van der Waals surface area contributed by atoms with Crippen molar-refractivity contribution in [3.05, 3.63) is 0 Å². The van der Waals surface area contributed by atoms with Crippen molar-refractivity contribution in [1.82, 2.24) is 10.2 Å². The maximum atomic E-state index is 12.4. The standard InChI is InChI=1S/C17H32N2O2/c1-12-10-15(12)18-13(2)11-14-8-6-7-9-19(14)16(20)21-17(3,4)5/h12-15,18H,6-11H2,1-5H3. The fourth-order valence-electron chi connectivity index (χ4n) is 3.20. The Morgan fingerprint density at radius 1 is 1.38 bits per heavy atom. The Labute approximate surface area is 129 Å². The molecule has 1 saturated carbocycles. The summed E-state index contributed by atoms with van der Waals surface area (Å²) in [5.74, 6) is 0.820. The molecule has 4 heteroatoms. The predicted octanol–water partition coefficient (Wildman–Crippen LogP) is 3.55. The summed E-state index contributed by atoms with van der Waals surface area (Å²) < 4.78 is 5.57. The molecule has 4 unspecified atom stereocenters. The molecule has 1 saturated heterocycles. The van der Waals surface area contributed by atoms with E-state index in [1.165, 1.54) is 12.8 Å². The summed E-state index contributed by atoms with van der Waals surface area (Å²) in [4.78, 5) is 14.3. The third-order valence-corrected chi connectivity index (χ3v) is 4.49. The Hall–Kier alpha value is -0.770. The molecule has 0 spiro atoms. The van der Waals surface area contributed by atoms with E-state index in [0.717, 1.165) is 31.7 Å². The van der Waals surface area contributed by atoms with Crippen molar-refractivity contribution in [2.45, 2.75) is 90.4 Å². The Morgan fingerprint density at radius 3 is 2.62 bits per heavy atom.